The molecule has 0 radical (unpaired) electrons. The number of alkyl halides is 2. The number of nitrogens with zero attached hydrogens (tertiary/aromatic N) is 1. The van der Waals surface area contributed by atoms with Crippen LogP contribution in [0.5, 0.6) is 0 Å². The van der Waals surface area contributed by atoms with Crippen LogP contribution in [0.3, 0.4) is 0 Å². The molecule has 0 aliphatic carbocycles. The van der Waals surface area contributed by atoms with Gasteiger partial charge in [0, 0.05) is 25.4 Å². The van der Waals surface area contributed by atoms with Gasteiger partial charge < -0.3 is 4.90 Å². The Kier molecular flexibility index (Phi) is 3.04. The molecule has 0 aromatic carbocycles. The van der Waals surface area contributed by atoms with E-state index in [1.165, 1.54) is 0 Å². The minimum Gasteiger partial charge on any atom is -0.301 e. The molecule has 1 rings (SSSR count). The number of rotatable bonds is 1. The van der Waals surface area contributed by atoms with Crippen LogP contribution in [0.2, 0.25) is 0 Å². The Labute approximate surface area is 72.7 Å². The zero-order valence-electron chi connectivity index (χ0n) is 7.82. The van der Waals surface area contributed by atoms with Crippen molar-refractivity contribution < 1.29 is 8.78 Å². The van der Waals surface area contributed by atoms with Gasteiger partial charge in [0.15, 0.2) is 0 Å². The molecule has 1 heterocycles. The largest absolute Gasteiger partial charge is 0.301 e. The zero-order valence-corrected chi connectivity index (χ0v) is 7.82. The van der Waals surface area contributed by atoms with Crippen molar-refractivity contribution in [3.05, 3.63) is 0 Å². The normalized spacial score (nSPS) is 25.8. The molecule has 0 atom stereocenters. The highest BCUT2D eigenvalue weighted by molar-refractivity contribution is 4.76. The van der Waals surface area contributed by atoms with Gasteiger partial charge in [-0.2, -0.15) is 0 Å². The summed E-state index contributed by atoms with van der Waals surface area (Å²) < 4.78 is 25.7. The van der Waals surface area contributed by atoms with Gasteiger partial charge in [0.1, 0.15) is 0 Å². The molecule has 0 spiro atoms. The van der Waals surface area contributed by atoms with E-state index in [0.717, 1.165) is 6.54 Å². The van der Waals surface area contributed by atoms with Crippen molar-refractivity contribution in [1.82, 2.24) is 4.90 Å². The average molecular weight is 177 g/mol. The third-order valence-electron chi connectivity index (χ3n) is 2.48. The lowest BCUT2D eigenvalue weighted by atomic mass is 10.1. The van der Waals surface area contributed by atoms with Gasteiger partial charge in [-0.3, -0.25) is 0 Å². The van der Waals surface area contributed by atoms with E-state index >= 15 is 0 Å². The summed E-state index contributed by atoms with van der Waals surface area (Å²) in [5.41, 5.74) is 0. The summed E-state index contributed by atoms with van der Waals surface area (Å²) in [4.78, 5) is 2.13. The van der Waals surface area contributed by atoms with E-state index in [1.807, 2.05) is 0 Å². The maximum atomic E-state index is 12.9. The summed E-state index contributed by atoms with van der Waals surface area (Å²) in [7, 11) is 0. The van der Waals surface area contributed by atoms with Gasteiger partial charge in [-0.05, 0) is 26.8 Å². The molecular weight excluding hydrogens is 160 g/mol. The lowest BCUT2D eigenvalue weighted by Crippen LogP contribution is -2.32. The first-order chi connectivity index (χ1) is 5.51. The second kappa shape index (κ2) is 3.69. The smallest absolute Gasteiger partial charge is 0.249 e. The maximum Gasteiger partial charge on any atom is 0.249 e. The highest BCUT2D eigenvalue weighted by Gasteiger charge is 2.31. The van der Waals surface area contributed by atoms with Crippen LogP contribution in [-0.4, -0.2) is 30.0 Å². The van der Waals surface area contributed by atoms with E-state index in [2.05, 4.69) is 18.7 Å². The van der Waals surface area contributed by atoms with Crippen molar-refractivity contribution in [1.29, 1.82) is 0 Å². The zero-order chi connectivity index (χ0) is 9.19. The summed E-state index contributed by atoms with van der Waals surface area (Å²) in [6.45, 7) is 5.49. The molecule has 0 amide bonds. The molecule has 72 valence electrons. The first kappa shape index (κ1) is 9.90. The van der Waals surface area contributed by atoms with Crippen LogP contribution >= 0.6 is 0 Å². The fourth-order valence-electron chi connectivity index (χ4n) is 1.60. The number of hydrogen-bond donors (Lipinski definition) is 0. The Balaban J connectivity index is 2.45. The van der Waals surface area contributed by atoms with Crippen molar-refractivity contribution in [3.63, 3.8) is 0 Å². The molecule has 0 unspecified atom stereocenters. The fourth-order valence-corrected chi connectivity index (χ4v) is 1.60. The number of hydrogen-bond acceptors (Lipinski definition) is 1. The van der Waals surface area contributed by atoms with Gasteiger partial charge >= 0.3 is 0 Å². The second-order valence-corrected chi connectivity index (χ2v) is 3.84. The van der Waals surface area contributed by atoms with Crippen molar-refractivity contribution >= 4 is 0 Å². The van der Waals surface area contributed by atoms with Gasteiger partial charge in [0.25, 0.3) is 0 Å². The molecule has 0 aromatic heterocycles. The highest BCUT2D eigenvalue weighted by Crippen LogP contribution is 2.28. The van der Waals surface area contributed by atoms with Crippen LogP contribution in [0.1, 0.15) is 33.1 Å². The van der Waals surface area contributed by atoms with Gasteiger partial charge in [-0.1, -0.05) is 0 Å². The second-order valence-electron chi connectivity index (χ2n) is 3.84. The molecule has 0 aromatic rings. The van der Waals surface area contributed by atoms with E-state index in [0.29, 0.717) is 19.0 Å². The molecule has 1 aliphatic rings. The van der Waals surface area contributed by atoms with Crippen molar-refractivity contribution in [3.8, 4) is 0 Å². The Hall–Kier alpha value is -0.180. The van der Waals surface area contributed by atoms with Crippen molar-refractivity contribution in [2.75, 3.05) is 13.1 Å². The molecule has 0 bridgehead atoms. The summed E-state index contributed by atoms with van der Waals surface area (Å²) in [6.07, 6.45) is 0.729. The van der Waals surface area contributed by atoms with Gasteiger partial charge in [-0.15, -0.1) is 0 Å². The Morgan fingerprint density at radius 3 is 2.42 bits per heavy atom. The summed E-state index contributed by atoms with van der Waals surface area (Å²) in [6, 6.07) is 0.402. The summed E-state index contributed by atoms with van der Waals surface area (Å²) >= 11 is 0. The highest BCUT2D eigenvalue weighted by atomic mass is 19.3. The van der Waals surface area contributed by atoms with E-state index < -0.39 is 5.92 Å². The predicted octanol–water partition coefficient (Wildman–Crippen LogP) is 2.52. The molecular formula is C9H17F2N. The lowest BCUT2D eigenvalue weighted by Gasteiger charge is -2.24. The third kappa shape index (κ3) is 2.70. The monoisotopic (exact) mass is 177 g/mol. The molecule has 1 nitrogen and oxygen atoms in total. The van der Waals surface area contributed by atoms with Gasteiger partial charge in [-0.25, -0.2) is 8.78 Å². The van der Waals surface area contributed by atoms with E-state index in [1.54, 1.807) is 0 Å². The topological polar surface area (TPSA) is 3.24 Å². The minimum absolute atomic E-state index is 0.0329. The summed E-state index contributed by atoms with van der Waals surface area (Å²) in [5.74, 6) is -2.41. The first-order valence-electron chi connectivity index (χ1n) is 4.63. The van der Waals surface area contributed by atoms with E-state index in [4.69, 9.17) is 0 Å². The van der Waals surface area contributed by atoms with Crippen molar-refractivity contribution in [2.45, 2.75) is 45.1 Å². The van der Waals surface area contributed by atoms with Crippen LogP contribution in [0, 0.1) is 0 Å². The van der Waals surface area contributed by atoms with Gasteiger partial charge in [0.05, 0.1) is 0 Å². The molecule has 0 N–H and O–H groups in total. The standard InChI is InChI=1S/C9H17F2N/c1-8(2)12-6-3-4-9(10,11)5-7-12/h8H,3-7H2,1-2H3. The Bertz CT molecular complexity index is 145. The maximum absolute atomic E-state index is 12.9. The molecule has 0 saturated carbocycles. The van der Waals surface area contributed by atoms with Crippen LogP contribution < -0.4 is 0 Å². The minimum atomic E-state index is -2.41. The van der Waals surface area contributed by atoms with E-state index in [-0.39, 0.29) is 12.8 Å². The predicted molar refractivity (Wildman–Crippen MR) is 45.5 cm³/mol. The number of likely N-dealkylation sites (tertiary alicyclic amines) is 1. The van der Waals surface area contributed by atoms with E-state index in [9.17, 15) is 8.78 Å². The first-order valence-corrected chi connectivity index (χ1v) is 4.63. The Morgan fingerprint density at radius 1 is 1.17 bits per heavy atom. The fraction of sp³-hybridized carbons (Fsp3) is 1.00. The van der Waals surface area contributed by atoms with Crippen LogP contribution in [0.15, 0.2) is 0 Å². The Morgan fingerprint density at radius 2 is 1.83 bits per heavy atom. The molecule has 1 aliphatic heterocycles. The van der Waals surface area contributed by atoms with Crippen LogP contribution in [0.4, 0.5) is 8.78 Å². The summed E-state index contributed by atoms with van der Waals surface area (Å²) in [5, 5.41) is 0. The lowest BCUT2D eigenvalue weighted by molar-refractivity contribution is -0.0136. The molecule has 1 fully saturated rings. The van der Waals surface area contributed by atoms with Crippen LogP contribution in [-0.2, 0) is 0 Å². The third-order valence-corrected chi connectivity index (χ3v) is 2.48. The SMILES string of the molecule is CC(C)N1CCCC(F)(F)CC1. The van der Waals surface area contributed by atoms with Crippen molar-refractivity contribution in [2.24, 2.45) is 0 Å². The van der Waals surface area contributed by atoms with Crippen LogP contribution in [0.25, 0.3) is 0 Å². The molecule has 3 heteroatoms. The quantitative estimate of drug-likeness (QED) is 0.595. The average Bonchev–Trinajstić information content (AvgIpc) is 2.10. The van der Waals surface area contributed by atoms with Gasteiger partial charge in [0.2, 0.25) is 5.92 Å². The number of halogens is 2. The molecule has 1 saturated heterocycles. The molecule has 12 heavy (non-hydrogen) atoms.